The molecule has 0 bridgehead atoms. The zero-order valence-electron chi connectivity index (χ0n) is 15.6. The minimum absolute atomic E-state index is 0.00512. The van der Waals surface area contributed by atoms with Gasteiger partial charge in [0, 0.05) is 36.9 Å². The first-order valence-electron chi connectivity index (χ1n) is 9.55. The number of rotatable bonds is 7. The van der Waals surface area contributed by atoms with E-state index in [9.17, 15) is 9.59 Å². The first-order valence-corrected chi connectivity index (χ1v) is 9.55. The van der Waals surface area contributed by atoms with Gasteiger partial charge in [0.15, 0.2) is 11.6 Å². The Morgan fingerprint density at radius 3 is 2.79 bits per heavy atom. The van der Waals surface area contributed by atoms with E-state index in [4.69, 9.17) is 0 Å². The fraction of sp³-hybridized carbons (Fsp3) is 0.273. The molecule has 1 amide bonds. The zero-order valence-corrected chi connectivity index (χ0v) is 15.6. The van der Waals surface area contributed by atoms with E-state index in [1.165, 1.54) is 11.1 Å². The molecule has 142 valence electrons. The van der Waals surface area contributed by atoms with Crippen LogP contribution in [0, 0.1) is 0 Å². The van der Waals surface area contributed by atoms with E-state index >= 15 is 0 Å². The summed E-state index contributed by atoms with van der Waals surface area (Å²) >= 11 is 0. The van der Waals surface area contributed by atoms with Crippen LogP contribution in [0.5, 0.6) is 0 Å². The lowest BCUT2D eigenvalue weighted by Crippen LogP contribution is -2.14. The van der Waals surface area contributed by atoms with Gasteiger partial charge in [-0.3, -0.25) is 19.3 Å². The molecule has 6 heteroatoms. The van der Waals surface area contributed by atoms with Crippen LogP contribution in [0.2, 0.25) is 0 Å². The van der Waals surface area contributed by atoms with Crippen LogP contribution in [-0.4, -0.2) is 26.5 Å². The highest BCUT2D eigenvalue weighted by Gasteiger charge is 2.15. The highest BCUT2D eigenvalue weighted by atomic mass is 16.2. The number of ketones is 1. The van der Waals surface area contributed by atoms with Crippen molar-refractivity contribution >= 4 is 17.5 Å². The van der Waals surface area contributed by atoms with Gasteiger partial charge in [0.2, 0.25) is 5.91 Å². The molecule has 0 atom stereocenters. The number of pyridine rings is 1. The molecule has 0 saturated carbocycles. The molecular weight excluding hydrogens is 352 g/mol. The van der Waals surface area contributed by atoms with E-state index in [1.54, 1.807) is 23.1 Å². The van der Waals surface area contributed by atoms with Gasteiger partial charge >= 0.3 is 0 Å². The Bertz CT molecular complexity index is 995. The molecule has 2 aromatic heterocycles. The first-order chi connectivity index (χ1) is 13.7. The van der Waals surface area contributed by atoms with E-state index in [1.807, 2.05) is 36.4 Å². The van der Waals surface area contributed by atoms with Gasteiger partial charge in [-0.1, -0.05) is 18.2 Å². The number of carbonyl (C=O) groups excluding carboxylic acids is 2. The average molecular weight is 374 g/mol. The molecule has 0 unspecified atom stereocenters. The highest BCUT2D eigenvalue weighted by molar-refractivity contribution is 6.00. The van der Waals surface area contributed by atoms with E-state index in [2.05, 4.69) is 15.4 Å². The second kappa shape index (κ2) is 8.17. The lowest BCUT2D eigenvalue weighted by molar-refractivity contribution is -0.116. The summed E-state index contributed by atoms with van der Waals surface area (Å²) in [5, 5.41) is 7.08. The molecule has 0 aliphatic heterocycles. The molecule has 4 rings (SSSR count). The van der Waals surface area contributed by atoms with Crippen molar-refractivity contribution in [3.63, 3.8) is 0 Å². The summed E-state index contributed by atoms with van der Waals surface area (Å²) in [6.45, 7) is 0.535. The number of benzene rings is 1. The number of hydrogen-bond acceptors (Lipinski definition) is 4. The number of anilines is 1. The lowest BCUT2D eigenvalue weighted by Gasteiger charge is -2.05. The molecule has 1 N–H and O–H groups in total. The molecule has 6 nitrogen and oxygen atoms in total. The maximum Gasteiger partial charge on any atom is 0.226 e. The van der Waals surface area contributed by atoms with Gasteiger partial charge in [0.25, 0.3) is 0 Å². The molecule has 2 heterocycles. The second-order valence-electron chi connectivity index (χ2n) is 7.03. The number of aryl methyl sites for hydroxylation is 2. The quantitative estimate of drug-likeness (QED) is 0.643. The van der Waals surface area contributed by atoms with Crippen LogP contribution in [0.4, 0.5) is 5.82 Å². The molecule has 0 radical (unpaired) electrons. The Labute approximate surface area is 163 Å². The molecule has 1 aliphatic carbocycles. The number of nitrogens with one attached hydrogen (secondary N) is 1. The Balaban J connectivity index is 1.28. The third-order valence-corrected chi connectivity index (χ3v) is 4.96. The summed E-state index contributed by atoms with van der Waals surface area (Å²) in [5.41, 5.74) is 4.21. The van der Waals surface area contributed by atoms with E-state index in [0.29, 0.717) is 17.9 Å². The fourth-order valence-electron chi connectivity index (χ4n) is 3.50. The first kappa shape index (κ1) is 18.1. The molecule has 28 heavy (non-hydrogen) atoms. The van der Waals surface area contributed by atoms with Gasteiger partial charge in [-0.15, -0.1) is 0 Å². The van der Waals surface area contributed by atoms with Crippen molar-refractivity contribution in [3.05, 3.63) is 77.2 Å². The van der Waals surface area contributed by atoms with Gasteiger partial charge in [-0.2, -0.15) is 5.10 Å². The second-order valence-corrected chi connectivity index (χ2v) is 7.03. The van der Waals surface area contributed by atoms with E-state index in [0.717, 1.165) is 25.0 Å². The minimum Gasteiger partial charge on any atom is -0.309 e. The summed E-state index contributed by atoms with van der Waals surface area (Å²) in [5.74, 6) is 0.272. The smallest absolute Gasteiger partial charge is 0.226 e. The summed E-state index contributed by atoms with van der Waals surface area (Å²) in [6, 6.07) is 13.4. The van der Waals surface area contributed by atoms with Crippen molar-refractivity contribution in [2.24, 2.45) is 0 Å². The maximum atomic E-state index is 12.4. The lowest BCUT2D eigenvalue weighted by atomic mass is 10.0. The van der Waals surface area contributed by atoms with Crippen molar-refractivity contribution in [2.75, 3.05) is 5.32 Å². The van der Waals surface area contributed by atoms with Crippen LogP contribution in [0.15, 0.2) is 54.9 Å². The largest absolute Gasteiger partial charge is 0.309 e. The molecule has 0 fully saturated rings. The minimum atomic E-state index is -0.211. The third-order valence-electron chi connectivity index (χ3n) is 4.96. The van der Waals surface area contributed by atoms with Crippen LogP contribution >= 0.6 is 0 Å². The number of amides is 1. The van der Waals surface area contributed by atoms with Crippen LogP contribution in [0.1, 0.15) is 46.4 Å². The summed E-state index contributed by atoms with van der Waals surface area (Å²) < 4.78 is 1.72. The van der Waals surface area contributed by atoms with Crippen LogP contribution in [-0.2, 0) is 24.2 Å². The van der Waals surface area contributed by atoms with Crippen molar-refractivity contribution in [1.82, 2.24) is 14.8 Å². The van der Waals surface area contributed by atoms with Crippen molar-refractivity contribution in [1.29, 1.82) is 0 Å². The number of nitrogens with zero attached hydrogens (tertiary/aromatic N) is 3. The van der Waals surface area contributed by atoms with Crippen LogP contribution in [0.25, 0.3) is 0 Å². The number of fused-ring (bicyclic) bond motifs is 1. The molecular formula is C22H22N4O2. The predicted molar refractivity (Wildman–Crippen MR) is 106 cm³/mol. The van der Waals surface area contributed by atoms with Gasteiger partial charge in [0.1, 0.15) is 0 Å². The molecule has 0 saturated heterocycles. The normalized spacial score (nSPS) is 12.6. The zero-order chi connectivity index (χ0) is 19.3. The number of Topliss-reactive ketones (excluding diaryl/α,β-unsaturated/α-hetero) is 1. The van der Waals surface area contributed by atoms with Crippen molar-refractivity contribution < 1.29 is 9.59 Å². The fourth-order valence-corrected chi connectivity index (χ4v) is 3.50. The summed E-state index contributed by atoms with van der Waals surface area (Å²) in [7, 11) is 0. The number of aromatic nitrogens is 3. The Hall–Kier alpha value is -3.28. The molecule has 1 aromatic carbocycles. The van der Waals surface area contributed by atoms with E-state index < -0.39 is 0 Å². The number of carbonyl (C=O) groups is 2. The Morgan fingerprint density at radius 1 is 1.04 bits per heavy atom. The Kier molecular flexibility index (Phi) is 5.28. The molecule has 0 spiro atoms. The summed E-state index contributed by atoms with van der Waals surface area (Å²) in [6.07, 6.45) is 7.15. The highest BCUT2D eigenvalue weighted by Crippen LogP contribution is 2.23. The maximum absolute atomic E-state index is 12.4. The van der Waals surface area contributed by atoms with Gasteiger partial charge < -0.3 is 5.32 Å². The molecule has 1 aliphatic rings. The van der Waals surface area contributed by atoms with Gasteiger partial charge in [-0.05, 0) is 48.6 Å². The number of hydrogen-bond donors (Lipinski definition) is 1. The summed E-state index contributed by atoms with van der Waals surface area (Å²) in [4.78, 5) is 28.8. The van der Waals surface area contributed by atoms with Crippen molar-refractivity contribution in [2.45, 2.75) is 38.6 Å². The average Bonchev–Trinajstić information content (AvgIpc) is 3.35. The monoisotopic (exact) mass is 374 g/mol. The van der Waals surface area contributed by atoms with Gasteiger partial charge in [-0.25, -0.2) is 0 Å². The standard InChI is InChI=1S/C22H22N4O2/c27-20(18-8-7-16-4-3-5-17(16)14-18)9-10-22(28)24-21-11-13-26(25-21)15-19-6-1-2-12-23-19/h1-2,6-8,11-14H,3-5,9-10,15H2,(H,24,25,28). The topological polar surface area (TPSA) is 76.9 Å². The van der Waals surface area contributed by atoms with E-state index in [-0.39, 0.29) is 24.5 Å². The van der Waals surface area contributed by atoms with Crippen molar-refractivity contribution in [3.8, 4) is 0 Å². The Morgan fingerprint density at radius 2 is 1.93 bits per heavy atom. The SMILES string of the molecule is O=C(CCC(=O)c1ccc2c(c1)CCC2)Nc1ccn(Cc2ccccn2)n1. The predicted octanol–water partition coefficient (Wildman–Crippen LogP) is 3.42. The van der Waals surface area contributed by atoms with Crippen LogP contribution < -0.4 is 5.32 Å². The third kappa shape index (κ3) is 4.34. The van der Waals surface area contributed by atoms with Crippen LogP contribution in [0.3, 0.4) is 0 Å². The van der Waals surface area contributed by atoms with Gasteiger partial charge in [0.05, 0.1) is 12.2 Å². The molecule has 3 aromatic rings.